The summed E-state index contributed by atoms with van der Waals surface area (Å²) in [7, 11) is 0. The van der Waals surface area contributed by atoms with E-state index in [1.165, 1.54) is 0 Å². The van der Waals surface area contributed by atoms with E-state index < -0.39 is 12.2 Å². The Balaban J connectivity index is 3.20. The van der Waals surface area contributed by atoms with Crippen molar-refractivity contribution in [2.45, 2.75) is 39.0 Å². The lowest BCUT2D eigenvalue weighted by molar-refractivity contribution is 0.140. The highest BCUT2D eigenvalue weighted by molar-refractivity contribution is 5.67. The highest BCUT2D eigenvalue weighted by atomic mass is 16.6. The molecule has 0 fully saturated rings. The Bertz CT molecular complexity index is 222. The molecule has 0 saturated heterocycles. The molecular formula is C11H22N2O4. The van der Waals surface area contributed by atoms with Gasteiger partial charge in [0.25, 0.3) is 0 Å². The molecule has 0 spiro atoms. The topological polar surface area (TPSA) is 90.7 Å². The summed E-state index contributed by atoms with van der Waals surface area (Å²) in [6.45, 7) is 3.18. The normalized spacial score (nSPS) is 9.71. The molecule has 100 valence electrons. The lowest BCUT2D eigenvalue weighted by Crippen LogP contribution is -2.27. The number of hydrogen-bond acceptors (Lipinski definition) is 4. The molecule has 2 amide bonds. The second-order valence-electron chi connectivity index (χ2n) is 3.64. The van der Waals surface area contributed by atoms with Gasteiger partial charge in [-0.25, -0.2) is 9.59 Å². The molecule has 0 aromatic carbocycles. The zero-order valence-corrected chi connectivity index (χ0v) is 10.4. The van der Waals surface area contributed by atoms with Crippen LogP contribution in [-0.4, -0.2) is 31.9 Å². The van der Waals surface area contributed by atoms with E-state index in [4.69, 9.17) is 10.5 Å². The van der Waals surface area contributed by atoms with Crippen LogP contribution in [0.1, 0.15) is 39.0 Å². The molecule has 0 unspecified atom stereocenters. The van der Waals surface area contributed by atoms with Crippen LogP contribution in [-0.2, 0) is 9.47 Å². The van der Waals surface area contributed by atoms with Gasteiger partial charge in [-0.1, -0.05) is 26.2 Å². The molecular weight excluding hydrogens is 224 g/mol. The minimum atomic E-state index is -0.802. The molecule has 0 aromatic rings. The van der Waals surface area contributed by atoms with Gasteiger partial charge in [-0.3, -0.25) is 0 Å². The molecule has 0 heterocycles. The number of primary amides is 1. The highest BCUT2D eigenvalue weighted by Crippen LogP contribution is 1.98. The summed E-state index contributed by atoms with van der Waals surface area (Å²) in [5.74, 6) is 0. The first-order valence-corrected chi connectivity index (χ1v) is 5.99. The first-order chi connectivity index (χ1) is 8.16. The number of hydrogen-bond donors (Lipinski definition) is 2. The lowest BCUT2D eigenvalue weighted by Gasteiger charge is -2.06. The first kappa shape index (κ1) is 15.5. The van der Waals surface area contributed by atoms with Gasteiger partial charge in [-0.2, -0.15) is 0 Å². The van der Waals surface area contributed by atoms with E-state index >= 15 is 0 Å². The van der Waals surface area contributed by atoms with E-state index in [9.17, 15) is 9.59 Å². The van der Waals surface area contributed by atoms with Crippen molar-refractivity contribution in [2.75, 3.05) is 19.8 Å². The van der Waals surface area contributed by atoms with Gasteiger partial charge in [-0.15, -0.1) is 0 Å². The molecule has 17 heavy (non-hydrogen) atoms. The Hall–Kier alpha value is -1.46. The average molecular weight is 246 g/mol. The molecule has 0 aliphatic heterocycles. The zero-order valence-electron chi connectivity index (χ0n) is 10.4. The summed E-state index contributed by atoms with van der Waals surface area (Å²) in [6.07, 6.45) is 3.58. The molecule has 0 saturated carbocycles. The van der Waals surface area contributed by atoms with Crippen molar-refractivity contribution < 1.29 is 19.1 Å². The number of nitrogens with two attached hydrogens (primary N) is 1. The number of nitrogens with one attached hydrogen (secondary N) is 1. The Labute approximate surface area is 102 Å². The second-order valence-corrected chi connectivity index (χ2v) is 3.64. The Kier molecular flexibility index (Phi) is 10.1. The van der Waals surface area contributed by atoms with Gasteiger partial charge in [0.2, 0.25) is 0 Å². The fraction of sp³-hybridized carbons (Fsp3) is 0.818. The molecule has 3 N–H and O–H groups in total. The standard InChI is InChI=1S/C11H22N2O4/c1-2-3-4-5-8-17-11(15)13-7-6-9-16-10(12)14/h2-9H2,1H3,(H2,12,14)(H,13,15). The van der Waals surface area contributed by atoms with Gasteiger partial charge in [-0.05, 0) is 12.8 Å². The van der Waals surface area contributed by atoms with Crippen LogP contribution in [0.5, 0.6) is 0 Å². The van der Waals surface area contributed by atoms with Crippen LogP contribution in [0.15, 0.2) is 0 Å². The van der Waals surface area contributed by atoms with Gasteiger partial charge >= 0.3 is 12.2 Å². The maximum Gasteiger partial charge on any atom is 0.407 e. The number of carbonyl (C=O) groups is 2. The third-order valence-corrected chi connectivity index (χ3v) is 2.07. The summed E-state index contributed by atoms with van der Waals surface area (Å²) in [5, 5.41) is 2.55. The summed E-state index contributed by atoms with van der Waals surface area (Å²) < 4.78 is 9.43. The van der Waals surface area contributed by atoms with Crippen LogP contribution >= 0.6 is 0 Å². The molecule has 0 aromatic heterocycles. The predicted molar refractivity (Wildman–Crippen MR) is 63.6 cm³/mol. The Morgan fingerprint density at radius 2 is 1.76 bits per heavy atom. The Morgan fingerprint density at radius 1 is 1.06 bits per heavy atom. The highest BCUT2D eigenvalue weighted by Gasteiger charge is 2.00. The van der Waals surface area contributed by atoms with Crippen molar-refractivity contribution in [3.05, 3.63) is 0 Å². The minimum absolute atomic E-state index is 0.201. The Morgan fingerprint density at radius 3 is 2.41 bits per heavy atom. The average Bonchev–Trinajstić information content (AvgIpc) is 2.28. The van der Waals surface area contributed by atoms with Gasteiger partial charge in [0.05, 0.1) is 13.2 Å². The second kappa shape index (κ2) is 11.0. The van der Waals surface area contributed by atoms with Crippen LogP contribution in [0.3, 0.4) is 0 Å². The van der Waals surface area contributed by atoms with E-state index in [0.717, 1.165) is 25.7 Å². The van der Waals surface area contributed by atoms with E-state index in [-0.39, 0.29) is 6.61 Å². The van der Waals surface area contributed by atoms with Crippen molar-refractivity contribution in [3.63, 3.8) is 0 Å². The lowest BCUT2D eigenvalue weighted by atomic mass is 10.2. The molecule has 0 aliphatic rings. The monoisotopic (exact) mass is 246 g/mol. The van der Waals surface area contributed by atoms with Crippen molar-refractivity contribution >= 4 is 12.2 Å². The predicted octanol–water partition coefficient (Wildman–Crippen LogP) is 1.78. The summed E-state index contributed by atoms with van der Waals surface area (Å²) >= 11 is 0. The molecule has 0 aliphatic carbocycles. The molecule has 0 bridgehead atoms. The molecule has 6 nitrogen and oxygen atoms in total. The third kappa shape index (κ3) is 12.5. The zero-order chi connectivity index (χ0) is 12.9. The fourth-order valence-corrected chi connectivity index (χ4v) is 1.18. The van der Waals surface area contributed by atoms with Crippen LogP contribution in [0, 0.1) is 0 Å². The van der Waals surface area contributed by atoms with Crippen molar-refractivity contribution in [2.24, 2.45) is 5.73 Å². The number of unbranched alkanes of at least 4 members (excludes halogenated alkanes) is 3. The number of ether oxygens (including phenoxy) is 2. The summed E-state index contributed by atoms with van der Waals surface area (Å²) in [4.78, 5) is 21.3. The maximum atomic E-state index is 11.1. The van der Waals surface area contributed by atoms with E-state index in [1.807, 2.05) is 0 Å². The molecule has 6 heteroatoms. The van der Waals surface area contributed by atoms with Crippen molar-refractivity contribution in [3.8, 4) is 0 Å². The quantitative estimate of drug-likeness (QED) is 0.607. The largest absolute Gasteiger partial charge is 0.450 e. The smallest absolute Gasteiger partial charge is 0.407 e. The van der Waals surface area contributed by atoms with Gasteiger partial charge < -0.3 is 20.5 Å². The van der Waals surface area contributed by atoms with Crippen LogP contribution in [0.25, 0.3) is 0 Å². The van der Waals surface area contributed by atoms with E-state index in [1.54, 1.807) is 0 Å². The van der Waals surface area contributed by atoms with Gasteiger partial charge in [0.15, 0.2) is 0 Å². The van der Waals surface area contributed by atoms with Crippen molar-refractivity contribution in [1.82, 2.24) is 5.32 Å². The molecule has 0 rings (SSSR count). The third-order valence-electron chi connectivity index (χ3n) is 2.07. The summed E-state index contributed by atoms with van der Waals surface area (Å²) in [6, 6.07) is 0. The van der Waals surface area contributed by atoms with Crippen LogP contribution in [0.4, 0.5) is 9.59 Å². The number of carbonyl (C=O) groups excluding carboxylic acids is 2. The minimum Gasteiger partial charge on any atom is -0.450 e. The summed E-state index contributed by atoms with van der Waals surface area (Å²) in [5.41, 5.74) is 4.77. The SMILES string of the molecule is CCCCCCOC(=O)NCCCOC(N)=O. The van der Waals surface area contributed by atoms with E-state index in [2.05, 4.69) is 17.0 Å². The molecule has 0 radical (unpaired) electrons. The van der Waals surface area contributed by atoms with Crippen LogP contribution < -0.4 is 11.1 Å². The number of alkyl carbamates (subject to hydrolysis) is 1. The van der Waals surface area contributed by atoms with Gasteiger partial charge in [0.1, 0.15) is 0 Å². The number of amides is 2. The fourth-order valence-electron chi connectivity index (χ4n) is 1.18. The van der Waals surface area contributed by atoms with Crippen molar-refractivity contribution in [1.29, 1.82) is 0 Å². The van der Waals surface area contributed by atoms with E-state index in [0.29, 0.717) is 19.6 Å². The van der Waals surface area contributed by atoms with Gasteiger partial charge in [0, 0.05) is 6.54 Å². The first-order valence-electron chi connectivity index (χ1n) is 5.99. The maximum absolute atomic E-state index is 11.1. The van der Waals surface area contributed by atoms with Crippen LogP contribution in [0.2, 0.25) is 0 Å². The number of rotatable bonds is 9. The molecule has 0 atom stereocenters.